The number of ether oxygens (including phenoxy) is 1. The molecule has 0 unspecified atom stereocenters. The molecule has 2 N–H and O–H groups in total. The van der Waals surface area contributed by atoms with Gasteiger partial charge < -0.3 is 14.9 Å². The summed E-state index contributed by atoms with van der Waals surface area (Å²) < 4.78 is 5.50. The molecule has 2 aromatic rings. The van der Waals surface area contributed by atoms with E-state index in [0.717, 1.165) is 0 Å². The standard InChI is InChI=1S/C14H12O3/c1-2-10-8-14(13(16)9-12(10)15)17-11-6-4-3-5-7-11/h2-9,15-16H,1H2. The Balaban J connectivity index is 2.36. The maximum atomic E-state index is 9.65. The molecular formula is C14H12O3. The summed E-state index contributed by atoms with van der Waals surface area (Å²) in [5.41, 5.74) is 0.508. The van der Waals surface area contributed by atoms with E-state index < -0.39 is 0 Å². The Morgan fingerprint density at radius 1 is 1.00 bits per heavy atom. The summed E-state index contributed by atoms with van der Waals surface area (Å²) in [4.78, 5) is 0. The molecule has 0 saturated heterocycles. The summed E-state index contributed by atoms with van der Waals surface area (Å²) >= 11 is 0. The Labute approximate surface area is 99.2 Å². The zero-order chi connectivity index (χ0) is 12.3. The normalized spacial score (nSPS) is 9.88. The lowest BCUT2D eigenvalue weighted by atomic mass is 10.2. The Morgan fingerprint density at radius 3 is 2.35 bits per heavy atom. The van der Waals surface area contributed by atoms with Gasteiger partial charge in [-0.05, 0) is 18.2 Å². The molecule has 0 atom stereocenters. The van der Waals surface area contributed by atoms with E-state index in [1.165, 1.54) is 18.2 Å². The van der Waals surface area contributed by atoms with Crippen molar-refractivity contribution in [3.05, 3.63) is 54.6 Å². The van der Waals surface area contributed by atoms with Crippen LogP contribution >= 0.6 is 0 Å². The molecule has 86 valence electrons. The molecule has 0 fully saturated rings. The van der Waals surface area contributed by atoms with Crippen LogP contribution in [0.1, 0.15) is 5.56 Å². The van der Waals surface area contributed by atoms with Crippen molar-refractivity contribution in [3.63, 3.8) is 0 Å². The van der Waals surface area contributed by atoms with Crippen LogP contribution in [0.3, 0.4) is 0 Å². The van der Waals surface area contributed by atoms with Crippen LogP contribution in [0.2, 0.25) is 0 Å². The van der Waals surface area contributed by atoms with Crippen LogP contribution in [-0.2, 0) is 0 Å². The van der Waals surface area contributed by atoms with Crippen LogP contribution in [-0.4, -0.2) is 10.2 Å². The van der Waals surface area contributed by atoms with Crippen molar-refractivity contribution < 1.29 is 14.9 Å². The highest BCUT2D eigenvalue weighted by Crippen LogP contribution is 2.36. The maximum absolute atomic E-state index is 9.65. The first-order valence-electron chi connectivity index (χ1n) is 5.12. The summed E-state index contributed by atoms with van der Waals surface area (Å²) in [6.07, 6.45) is 1.49. The fourth-order valence-corrected chi connectivity index (χ4v) is 1.43. The van der Waals surface area contributed by atoms with Gasteiger partial charge in [0.25, 0.3) is 0 Å². The molecule has 3 nitrogen and oxygen atoms in total. The van der Waals surface area contributed by atoms with Crippen molar-refractivity contribution in [2.45, 2.75) is 0 Å². The highest BCUT2D eigenvalue weighted by Gasteiger charge is 2.08. The molecule has 0 amide bonds. The van der Waals surface area contributed by atoms with Gasteiger partial charge in [0.2, 0.25) is 0 Å². The first-order valence-corrected chi connectivity index (χ1v) is 5.12. The second-order valence-corrected chi connectivity index (χ2v) is 3.50. The third-order valence-corrected chi connectivity index (χ3v) is 2.30. The van der Waals surface area contributed by atoms with Crippen molar-refractivity contribution in [1.82, 2.24) is 0 Å². The lowest BCUT2D eigenvalue weighted by molar-refractivity contribution is 0.403. The molecule has 0 radical (unpaired) electrons. The van der Waals surface area contributed by atoms with Gasteiger partial charge in [0.1, 0.15) is 11.5 Å². The summed E-state index contributed by atoms with van der Waals surface area (Å²) in [7, 11) is 0. The van der Waals surface area contributed by atoms with Crippen LogP contribution in [0.5, 0.6) is 23.0 Å². The van der Waals surface area contributed by atoms with Gasteiger partial charge in [0.15, 0.2) is 11.5 Å². The molecule has 2 aromatic carbocycles. The van der Waals surface area contributed by atoms with Crippen molar-refractivity contribution in [2.75, 3.05) is 0 Å². The molecule has 0 spiro atoms. The second kappa shape index (κ2) is 4.61. The van der Waals surface area contributed by atoms with Gasteiger partial charge >= 0.3 is 0 Å². The molecule has 0 bridgehead atoms. The predicted octanol–water partition coefficient (Wildman–Crippen LogP) is 3.53. The topological polar surface area (TPSA) is 49.7 Å². The third-order valence-electron chi connectivity index (χ3n) is 2.30. The number of phenolic OH excluding ortho intramolecular Hbond substituents is 2. The first kappa shape index (κ1) is 11.1. The number of para-hydroxylation sites is 1. The van der Waals surface area contributed by atoms with E-state index in [1.54, 1.807) is 12.1 Å². The fourth-order valence-electron chi connectivity index (χ4n) is 1.43. The molecule has 0 aliphatic rings. The van der Waals surface area contributed by atoms with E-state index in [0.29, 0.717) is 11.3 Å². The number of benzene rings is 2. The fraction of sp³-hybridized carbons (Fsp3) is 0. The predicted molar refractivity (Wildman–Crippen MR) is 66.4 cm³/mol. The van der Waals surface area contributed by atoms with Crippen LogP contribution in [0.4, 0.5) is 0 Å². The molecule has 17 heavy (non-hydrogen) atoms. The monoisotopic (exact) mass is 228 g/mol. The molecule has 0 aromatic heterocycles. The molecule has 0 aliphatic carbocycles. The van der Waals surface area contributed by atoms with Crippen molar-refractivity contribution >= 4 is 6.08 Å². The number of hydrogen-bond acceptors (Lipinski definition) is 3. The van der Waals surface area contributed by atoms with Gasteiger partial charge in [0, 0.05) is 11.6 Å². The zero-order valence-electron chi connectivity index (χ0n) is 9.13. The first-order chi connectivity index (χ1) is 8.20. The molecule has 0 aliphatic heterocycles. The van der Waals surface area contributed by atoms with Crippen molar-refractivity contribution in [3.8, 4) is 23.0 Å². The largest absolute Gasteiger partial charge is 0.507 e. The minimum atomic E-state index is -0.114. The summed E-state index contributed by atoms with van der Waals surface area (Å²) in [5.74, 6) is 0.752. The van der Waals surface area contributed by atoms with E-state index in [4.69, 9.17) is 4.74 Å². The maximum Gasteiger partial charge on any atom is 0.169 e. The Morgan fingerprint density at radius 2 is 1.71 bits per heavy atom. The lowest BCUT2D eigenvalue weighted by Gasteiger charge is -2.09. The number of hydrogen-bond donors (Lipinski definition) is 2. The van der Waals surface area contributed by atoms with E-state index in [9.17, 15) is 10.2 Å². The Hall–Kier alpha value is -2.42. The molecule has 0 saturated carbocycles. The van der Waals surface area contributed by atoms with E-state index >= 15 is 0 Å². The summed E-state index contributed by atoms with van der Waals surface area (Å²) in [6, 6.07) is 11.9. The quantitative estimate of drug-likeness (QED) is 0.844. The van der Waals surface area contributed by atoms with Gasteiger partial charge in [-0.25, -0.2) is 0 Å². The minimum Gasteiger partial charge on any atom is -0.507 e. The average Bonchev–Trinajstić information content (AvgIpc) is 2.34. The van der Waals surface area contributed by atoms with E-state index in [1.807, 2.05) is 18.2 Å². The number of rotatable bonds is 3. The SMILES string of the molecule is C=Cc1cc(Oc2ccccc2)c(O)cc1O. The van der Waals surface area contributed by atoms with Crippen molar-refractivity contribution in [2.24, 2.45) is 0 Å². The van der Waals surface area contributed by atoms with Gasteiger partial charge in [-0.3, -0.25) is 0 Å². The van der Waals surface area contributed by atoms with Crippen LogP contribution in [0, 0.1) is 0 Å². The average molecular weight is 228 g/mol. The van der Waals surface area contributed by atoms with Gasteiger partial charge in [0.05, 0.1) is 0 Å². The Kier molecular flexibility index (Phi) is 3.01. The molecular weight excluding hydrogens is 216 g/mol. The van der Waals surface area contributed by atoms with Crippen LogP contribution < -0.4 is 4.74 Å². The van der Waals surface area contributed by atoms with Gasteiger partial charge in [-0.2, -0.15) is 0 Å². The number of phenols is 2. The Bertz CT molecular complexity index is 533. The molecule has 2 rings (SSSR count). The van der Waals surface area contributed by atoms with Gasteiger partial charge in [-0.15, -0.1) is 0 Å². The van der Waals surface area contributed by atoms with E-state index in [2.05, 4.69) is 6.58 Å². The highest BCUT2D eigenvalue weighted by molar-refractivity contribution is 5.62. The summed E-state index contributed by atoms with van der Waals surface area (Å²) in [5, 5.41) is 19.1. The van der Waals surface area contributed by atoms with E-state index in [-0.39, 0.29) is 17.2 Å². The highest BCUT2D eigenvalue weighted by atomic mass is 16.5. The van der Waals surface area contributed by atoms with Crippen LogP contribution in [0.25, 0.3) is 6.08 Å². The lowest BCUT2D eigenvalue weighted by Crippen LogP contribution is -1.86. The second-order valence-electron chi connectivity index (χ2n) is 3.50. The molecule has 3 heteroatoms. The van der Waals surface area contributed by atoms with Crippen LogP contribution in [0.15, 0.2) is 49.0 Å². The smallest absolute Gasteiger partial charge is 0.169 e. The molecule has 0 heterocycles. The zero-order valence-corrected chi connectivity index (χ0v) is 9.13. The number of aromatic hydroxyl groups is 2. The van der Waals surface area contributed by atoms with Crippen molar-refractivity contribution in [1.29, 1.82) is 0 Å². The third kappa shape index (κ3) is 2.39. The summed E-state index contributed by atoms with van der Waals surface area (Å²) in [6.45, 7) is 3.57. The van der Waals surface area contributed by atoms with Gasteiger partial charge in [-0.1, -0.05) is 30.9 Å². The minimum absolute atomic E-state index is 0.0297.